The molecule has 6 heteroatoms. The van der Waals surface area contributed by atoms with Crippen molar-refractivity contribution >= 4 is 28.7 Å². The highest BCUT2D eigenvalue weighted by molar-refractivity contribution is 5.92. The number of rotatable bonds is 5. The molecule has 0 radical (unpaired) electrons. The van der Waals surface area contributed by atoms with Crippen LogP contribution in [0.4, 0.5) is 5.69 Å². The van der Waals surface area contributed by atoms with E-state index in [4.69, 9.17) is 9.52 Å². The van der Waals surface area contributed by atoms with Crippen molar-refractivity contribution in [2.75, 3.05) is 5.32 Å². The molecule has 2 N–H and O–H groups in total. The Labute approximate surface area is 109 Å². The molecule has 1 aromatic carbocycles. The van der Waals surface area contributed by atoms with E-state index in [1.807, 2.05) is 0 Å². The highest BCUT2D eigenvalue weighted by atomic mass is 16.4. The highest BCUT2D eigenvalue weighted by Gasteiger charge is 2.07. The Hall–Kier alpha value is -2.37. The van der Waals surface area contributed by atoms with Crippen molar-refractivity contribution in [2.45, 2.75) is 26.2 Å². The Bertz CT molecular complexity index is 618. The number of oxazole rings is 1. The second-order valence-electron chi connectivity index (χ2n) is 4.21. The van der Waals surface area contributed by atoms with Crippen LogP contribution in [0, 0.1) is 6.92 Å². The van der Waals surface area contributed by atoms with Crippen LogP contribution >= 0.6 is 0 Å². The molecule has 0 fully saturated rings. The van der Waals surface area contributed by atoms with Gasteiger partial charge in [-0.25, -0.2) is 4.98 Å². The molecular weight excluding hydrogens is 248 g/mol. The first-order chi connectivity index (χ1) is 9.04. The monoisotopic (exact) mass is 262 g/mol. The number of hydrogen-bond donors (Lipinski definition) is 2. The fourth-order valence-corrected chi connectivity index (χ4v) is 1.74. The lowest BCUT2D eigenvalue weighted by Crippen LogP contribution is -2.11. The molecule has 0 bridgehead atoms. The molecule has 0 aliphatic rings. The van der Waals surface area contributed by atoms with Crippen LogP contribution in [0.2, 0.25) is 0 Å². The van der Waals surface area contributed by atoms with Gasteiger partial charge in [-0.1, -0.05) is 0 Å². The van der Waals surface area contributed by atoms with Gasteiger partial charge >= 0.3 is 5.97 Å². The average Bonchev–Trinajstić information content (AvgIpc) is 2.67. The average molecular weight is 262 g/mol. The van der Waals surface area contributed by atoms with Gasteiger partial charge in [-0.05, 0) is 18.6 Å². The van der Waals surface area contributed by atoms with E-state index in [-0.39, 0.29) is 18.7 Å². The summed E-state index contributed by atoms with van der Waals surface area (Å²) in [5, 5.41) is 11.2. The van der Waals surface area contributed by atoms with Gasteiger partial charge in [0.05, 0.1) is 0 Å². The number of carboxylic acid groups (broad SMARTS) is 1. The van der Waals surface area contributed by atoms with E-state index < -0.39 is 5.97 Å². The normalized spacial score (nSPS) is 10.6. The molecule has 0 aliphatic carbocycles. The second kappa shape index (κ2) is 5.51. The minimum absolute atomic E-state index is 0.00620. The Kier molecular flexibility index (Phi) is 3.79. The van der Waals surface area contributed by atoms with Crippen LogP contribution in [-0.4, -0.2) is 22.0 Å². The molecule has 1 aromatic heterocycles. The Morgan fingerprint density at radius 2 is 2.16 bits per heavy atom. The largest absolute Gasteiger partial charge is 0.481 e. The van der Waals surface area contributed by atoms with Gasteiger partial charge in [0.2, 0.25) is 5.91 Å². The number of aliphatic carboxylic acids is 1. The van der Waals surface area contributed by atoms with Gasteiger partial charge in [0.25, 0.3) is 0 Å². The van der Waals surface area contributed by atoms with Crippen molar-refractivity contribution < 1.29 is 19.1 Å². The van der Waals surface area contributed by atoms with E-state index in [0.29, 0.717) is 23.6 Å². The van der Waals surface area contributed by atoms with Crippen molar-refractivity contribution in [3.8, 4) is 0 Å². The number of amides is 1. The van der Waals surface area contributed by atoms with Gasteiger partial charge in [-0.15, -0.1) is 0 Å². The molecule has 19 heavy (non-hydrogen) atoms. The van der Waals surface area contributed by atoms with Gasteiger partial charge in [-0.3, -0.25) is 9.59 Å². The number of nitrogens with zero attached hydrogens (tertiary/aromatic N) is 1. The summed E-state index contributed by atoms with van der Waals surface area (Å²) in [7, 11) is 0. The summed E-state index contributed by atoms with van der Waals surface area (Å²) in [4.78, 5) is 26.1. The maximum atomic E-state index is 11.6. The number of hydrogen-bond acceptors (Lipinski definition) is 4. The van der Waals surface area contributed by atoms with E-state index in [1.165, 1.54) is 0 Å². The molecule has 0 atom stereocenters. The summed E-state index contributed by atoms with van der Waals surface area (Å²) in [6, 6.07) is 5.20. The predicted molar refractivity (Wildman–Crippen MR) is 68.9 cm³/mol. The fraction of sp³-hybridized carbons (Fsp3) is 0.308. The minimum Gasteiger partial charge on any atom is -0.481 e. The van der Waals surface area contributed by atoms with Gasteiger partial charge < -0.3 is 14.8 Å². The molecule has 1 amide bonds. The first-order valence-electron chi connectivity index (χ1n) is 5.93. The number of nitrogens with one attached hydrogen (secondary N) is 1. The number of carboxylic acids is 1. The standard InChI is InChI=1S/C13H14N2O4/c1-8-14-10-6-5-9(7-11(10)19-8)15-12(16)3-2-4-13(17)18/h5-7H,2-4H2,1H3,(H,15,16)(H,17,18). The number of carbonyl (C=O) groups excluding carboxylic acids is 1. The lowest BCUT2D eigenvalue weighted by atomic mass is 10.2. The van der Waals surface area contributed by atoms with Gasteiger partial charge in [0.1, 0.15) is 5.52 Å². The van der Waals surface area contributed by atoms with E-state index in [1.54, 1.807) is 25.1 Å². The van der Waals surface area contributed by atoms with Gasteiger partial charge in [-0.2, -0.15) is 0 Å². The number of aromatic nitrogens is 1. The third kappa shape index (κ3) is 3.54. The number of benzene rings is 1. The third-order valence-corrected chi connectivity index (χ3v) is 2.57. The van der Waals surface area contributed by atoms with Crippen molar-refractivity contribution in [1.82, 2.24) is 4.98 Å². The summed E-state index contributed by atoms with van der Waals surface area (Å²) < 4.78 is 5.36. The van der Waals surface area contributed by atoms with Crippen LogP contribution in [0.3, 0.4) is 0 Å². The zero-order valence-electron chi connectivity index (χ0n) is 10.5. The van der Waals surface area contributed by atoms with Crippen molar-refractivity contribution in [1.29, 1.82) is 0 Å². The zero-order chi connectivity index (χ0) is 13.8. The smallest absolute Gasteiger partial charge is 0.303 e. The third-order valence-electron chi connectivity index (χ3n) is 2.57. The number of carbonyl (C=O) groups is 2. The topological polar surface area (TPSA) is 92.4 Å². The van der Waals surface area contributed by atoms with E-state index in [0.717, 1.165) is 5.52 Å². The number of fused-ring (bicyclic) bond motifs is 1. The zero-order valence-corrected chi connectivity index (χ0v) is 10.5. The molecule has 0 spiro atoms. The summed E-state index contributed by atoms with van der Waals surface area (Å²) in [6.07, 6.45) is 0.498. The van der Waals surface area contributed by atoms with Crippen LogP contribution in [0.25, 0.3) is 11.1 Å². The molecule has 0 saturated carbocycles. The van der Waals surface area contributed by atoms with Crippen molar-refractivity contribution in [2.24, 2.45) is 0 Å². The molecule has 0 unspecified atom stereocenters. The van der Waals surface area contributed by atoms with Crippen molar-refractivity contribution in [3.05, 3.63) is 24.1 Å². The number of anilines is 1. The summed E-state index contributed by atoms with van der Waals surface area (Å²) >= 11 is 0. The van der Waals surface area contributed by atoms with Crippen molar-refractivity contribution in [3.63, 3.8) is 0 Å². The van der Waals surface area contributed by atoms with Gasteiger partial charge in [0, 0.05) is 31.5 Å². The van der Waals surface area contributed by atoms with Gasteiger partial charge in [0.15, 0.2) is 11.5 Å². The number of aryl methyl sites for hydroxylation is 1. The molecule has 2 rings (SSSR count). The van der Waals surface area contributed by atoms with Crippen LogP contribution in [-0.2, 0) is 9.59 Å². The quantitative estimate of drug-likeness (QED) is 0.862. The summed E-state index contributed by atoms with van der Waals surface area (Å²) in [5.41, 5.74) is 1.96. The molecular formula is C13H14N2O4. The molecule has 0 aliphatic heterocycles. The van der Waals surface area contributed by atoms with Crippen LogP contribution < -0.4 is 5.32 Å². The fourth-order valence-electron chi connectivity index (χ4n) is 1.74. The lowest BCUT2D eigenvalue weighted by molar-refractivity contribution is -0.137. The summed E-state index contributed by atoms with van der Waals surface area (Å²) in [5.74, 6) is -0.539. The summed E-state index contributed by atoms with van der Waals surface area (Å²) in [6.45, 7) is 1.75. The molecule has 100 valence electrons. The first-order valence-corrected chi connectivity index (χ1v) is 5.93. The van der Waals surface area contributed by atoms with E-state index in [9.17, 15) is 9.59 Å². The molecule has 0 saturated heterocycles. The minimum atomic E-state index is -0.897. The SMILES string of the molecule is Cc1nc2ccc(NC(=O)CCCC(=O)O)cc2o1. The molecule has 6 nitrogen and oxygen atoms in total. The maximum Gasteiger partial charge on any atom is 0.303 e. The lowest BCUT2D eigenvalue weighted by Gasteiger charge is -2.03. The Morgan fingerprint density at radius 3 is 2.89 bits per heavy atom. The Morgan fingerprint density at radius 1 is 1.37 bits per heavy atom. The molecule has 2 aromatic rings. The maximum absolute atomic E-state index is 11.6. The van der Waals surface area contributed by atoms with Crippen LogP contribution in [0.1, 0.15) is 25.2 Å². The molecule has 1 heterocycles. The van der Waals surface area contributed by atoms with E-state index in [2.05, 4.69) is 10.3 Å². The van der Waals surface area contributed by atoms with E-state index >= 15 is 0 Å². The second-order valence-corrected chi connectivity index (χ2v) is 4.21. The predicted octanol–water partition coefficient (Wildman–Crippen LogP) is 2.33. The first kappa shape index (κ1) is 13.1. The van der Waals surface area contributed by atoms with Crippen LogP contribution in [0.5, 0.6) is 0 Å². The van der Waals surface area contributed by atoms with Crippen LogP contribution in [0.15, 0.2) is 22.6 Å². The highest BCUT2D eigenvalue weighted by Crippen LogP contribution is 2.20. The Balaban J connectivity index is 1.96.